The zero-order chi connectivity index (χ0) is 14.3. The predicted molar refractivity (Wildman–Crippen MR) is 80.0 cm³/mol. The molecule has 0 fully saturated rings. The maximum Gasteiger partial charge on any atom is 0.263 e. The number of nitrogens with two attached hydrogens (primary N) is 1. The van der Waals surface area contributed by atoms with Gasteiger partial charge in [-0.15, -0.1) is 0 Å². The lowest BCUT2D eigenvalue weighted by molar-refractivity contribution is 0.432. The molecule has 3 rings (SSSR count). The second-order valence-corrected chi connectivity index (χ2v) is 5.68. The van der Waals surface area contributed by atoms with E-state index in [9.17, 15) is 0 Å². The Morgan fingerprint density at radius 2 is 2.05 bits per heavy atom. The van der Waals surface area contributed by atoms with E-state index in [1.807, 2.05) is 6.92 Å². The van der Waals surface area contributed by atoms with E-state index in [-0.39, 0.29) is 0 Å². The third kappa shape index (κ3) is 2.26. The molecule has 0 spiro atoms. The maximum atomic E-state index is 5.97. The summed E-state index contributed by atoms with van der Waals surface area (Å²) in [6.07, 6.45) is 0. The molecule has 2 aromatic heterocycles. The Morgan fingerprint density at radius 3 is 2.70 bits per heavy atom. The standard InChI is InChI=1S/C12H8Cl2N4OS/c1-5-9(10(15)20-18-5)12-16-11(17-19-12)6-2-3-7(13)8(14)4-6/h2-4H,15H2,1H3. The summed E-state index contributed by atoms with van der Waals surface area (Å²) >= 11 is 13.0. The Balaban J connectivity index is 2.04. The predicted octanol–water partition coefficient (Wildman–Crippen LogP) is 4.06. The highest BCUT2D eigenvalue weighted by molar-refractivity contribution is 7.10. The highest BCUT2D eigenvalue weighted by atomic mass is 35.5. The molecule has 0 bridgehead atoms. The summed E-state index contributed by atoms with van der Waals surface area (Å²) in [5.74, 6) is 0.762. The minimum atomic E-state index is 0.342. The SMILES string of the molecule is Cc1nsc(N)c1-c1nc(-c2ccc(Cl)c(Cl)c2)no1. The molecule has 0 aliphatic carbocycles. The summed E-state index contributed by atoms with van der Waals surface area (Å²) < 4.78 is 9.40. The minimum Gasteiger partial charge on any atom is -0.389 e. The smallest absolute Gasteiger partial charge is 0.263 e. The molecule has 0 aliphatic heterocycles. The normalized spacial score (nSPS) is 10.9. The van der Waals surface area contributed by atoms with Crippen molar-refractivity contribution in [1.82, 2.24) is 14.5 Å². The summed E-state index contributed by atoms with van der Waals surface area (Å²) in [5.41, 5.74) is 8.01. The minimum absolute atomic E-state index is 0.342. The van der Waals surface area contributed by atoms with Gasteiger partial charge in [0.15, 0.2) is 0 Å². The molecule has 2 N–H and O–H groups in total. The summed E-state index contributed by atoms with van der Waals surface area (Å²) in [4.78, 5) is 4.32. The lowest BCUT2D eigenvalue weighted by atomic mass is 10.2. The van der Waals surface area contributed by atoms with Crippen LogP contribution in [0.5, 0.6) is 0 Å². The van der Waals surface area contributed by atoms with Gasteiger partial charge in [-0.3, -0.25) is 0 Å². The Labute approximate surface area is 128 Å². The van der Waals surface area contributed by atoms with Crippen LogP contribution in [0.1, 0.15) is 5.69 Å². The Bertz CT molecular complexity index is 764. The Kier molecular flexibility index (Phi) is 3.37. The van der Waals surface area contributed by atoms with Crippen molar-refractivity contribution in [3.63, 3.8) is 0 Å². The second-order valence-electron chi connectivity index (χ2n) is 4.06. The molecule has 0 amide bonds. The molecule has 5 nitrogen and oxygen atoms in total. The van der Waals surface area contributed by atoms with Gasteiger partial charge in [0.25, 0.3) is 5.89 Å². The van der Waals surface area contributed by atoms with Gasteiger partial charge in [0.1, 0.15) is 5.00 Å². The Hall–Kier alpha value is -1.63. The number of anilines is 1. The first-order valence-electron chi connectivity index (χ1n) is 5.57. The third-order valence-corrected chi connectivity index (χ3v) is 4.21. The number of aromatic nitrogens is 3. The van der Waals surface area contributed by atoms with Crippen LogP contribution in [0.4, 0.5) is 5.00 Å². The van der Waals surface area contributed by atoms with Crippen molar-refractivity contribution in [3.05, 3.63) is 33.9 Å². The van der Waals surface area contributed by atoms with Gasteiger partial charge in [-0.05, 0) is 36.7 Å². The average molecular weight is 327 g/mol. The molecule has 3 aromatic rings. The number of benzene rings is 1. The van der Waals surface area contributed by atoms with Crippen LogP contribution in [-0.4, -0.2) is 14.5 Å². The monoisotopic (exact) mass is 326 g/mol. The molecule has 102 valence electrons. The van der Waals surface area contributed by atoms with Crippen LogP contribution >= 0.6 is 34.7 Å². The van der Waals surface area contributed by atoms with Crippen LogP contribution in [0.3, 0.4) is 0 Å². The molecule has 8 heteroatoms. The Morgan fingerprint density at radius 1 is 1.25 bits per heavy atom. The van der Waals surface area contributed by atoms with Crippen LogP contribution in [0.25, 0.3) is 22.8 Å². The summed E-state index contributed by atoms with van der Waals surface area (Å²) in [6.45, 7) is 1.84. The van der Waals surface area contributed by atoms with Gasteiger partial charge in [-0.1, -0.05) is 28.4 Å². The van der Waals surface area contributed by atoms with Gasteiger partial charge in [-0.2, -0.15) is 9.36 Å². The third-order valence-electron chi connectivity index (χ3n) is 2.71. The van der Waals surface area contributed by atoms with Crippen molar-refractivity contribution in [2.75, 3.05) is 5.73 Å². The number of halogens is 2. The lowest BCUT2D eigenvalue weighted by Gasteiger charge is -1.97. The molecule has 0 atom stereocenters. The maximum absolute atomic E-state index is 5.97. The molecular formula is C12H8Cl2N4OS. The van der Waals surface area contributed by atoms with Crippen LogP contribution in [-0.2, 0) is 0 Å². The van der Waals surface area contributed by atoms with Crippen molar-refractivity contribution in [2.24, 2.45) is 0 Å². The van der Waals surface area contributed by atoms with E-state index >= 15 is 0 Å². The number of rotatable bonds is 2. The van der Waals surface area contributed by atoms with Crippen molar-refractivity contribution in [2.45, 2.75) is 6.92 Å². The highest BCUT2D eigenvalue weighted by Gasteiger charge is 2.18. The molecule has 0 saturated carbocycles. The molecule has 0 unspecified atom stereocenters. The number of aryl methyl sites for hydroxylation is 1. The quantitative estimate of drug-likeness (QED) is 0.768. The number of hydrogen-bond donors (Lipinski definition) is 1. The van der Waals surface area contributed by atoms with Crippen LogP contribution in [0, 0.1) is 6.92 Å². The molecule has 0 radical (unpaired) electrons. The molecule has 0 aliphatic rings. The zero-order valence-electron chi connectivity index (χ0n) is 10.2. The van der Waals surface area contributed by atoms with Gasteiger partial charge in [0.2, 0.25) is 5.82 Å². The van der Waals surface area contributed by atoms with E-state index in [1.165, 1.54) is 11.5 Å². The van der Waals surface area contributed by atoms with Crippen LogP contribution in [0.2, 0.25) is 10.0 Å². The fourth-order valence-electron chi connectivity index (χ4n) is 1.72. The molecule has 20 heavy (non-hydrogen) atoms. The molecule has 1 aromatic carbocycles. The van der Waals surface area contributed by atoms with E-state index < -0.39 is 0 Å². The van der Waals surface area contributed by atoms with Crippen molar-refractivity contribution in [3.8, 4) is 22.8 Å². The van der Waals surface area contributed by atoms with Gasteiger partial charge in [0, 0.05) is 5.56 Å². The largest absolute Gasteiger partial charge is 0.389 e. The molecular weight excluding hydrogens is 319 g/mol. The van der Waals surface area contributed by atoms with Crippen LogP contribution in [0.15, 0.2) is 22.7 Å². The summed E-state index contributed by atoms with van der Waals surface area (Å²) in [7, 11) is 0. The summed E-state index contributed by atoms with van der Waals surface area (Å²) in [5, 5.41) is 5.38. The molecule has 2 heterocycles. The average Bonchev–Trinajstić information content (AvgIpc) is 3.00. The fourth-order valence-corrected chi connectivity index (χ4v) is 2.68. The van der Waals surface area contributed by atoms with E-state index in [2.05, 4.69) is 14.5 Å². The van der Waals surface area contributed by atoms with Crippen LogP contribution < -0.4 is 5.73 Å². The van der Waals surface area contributed by atoms with Gasteiger partial charge < -0.3 is 10.3 Å². The van der Waals surface area contributed by atoms with Crippen molar-refractivity contribution in [1.29, 1.82) is 0 Å². The topological polar surface area (TPSA) is 77.8 Å². The van der Waals surface area contributed by atoms with Crippen molar-refractivity contribution < 1.29 is 4.52 Å². The lowest BCUT2D eigenvalue weighted by Crippen LogP contribution is -1.87. The number of nitrogen functional groups attached to an aromatic ring is 1. The van der Waals surface area contributed by atoms with Gasteiger partial charge >= 0.3 is 0 Å². The van der Waals surface area contributed by atoms with Crippen molar-refractivity contribution >= 4 is 39.7 Å². The highest BCUT2D eigenvalue weighted by Crippen LogP contribution is 2.33. The van der Waals surface area contributed by atoms with E-state index in [1.54, 1.807) is 18.2 Å². The fraction of sp³-hybridized carbons (Fsp3) is 0.0833. The number of nitrogens with zero attached hydrogens (tertiary/aromatic N) is 3. The second kappa shape index (κ2) is 5.05. The van der Waals surface area contributed by atoms with Gasteiger partial charge in [0.05, 0.1) is 21.3 Å². The first kappa shape index (κ1) is 13.4. The zero-order valence-corrected chi connectivity index (χ0v) is 12.6. The van der Waals surface area contributed by atoms with E-state index in [4.69, 9.17) is 33.5 Å². The first-order valence-corrected chi connectivity index (χ1v) is 7.10. The molecule has 0 saturated heterocycles. The van der Waals surface area contributed by atoms with Gasteiger partial charge in [-0.25, -0.2) is 0 Å². The van der Waals surface area contributed by atoms with E-state index in [0.717, 1.165) is 5.69 Å². The first-order chi connectivity index (χ1) is 9.56. The number of hydrogen-bond acceptors (Lipinski definition) is 6. The summed E-state index contributed by atoms with van der Waals surface area (Å²) in [6, 6.07) is 5.13. The van der Waals surface area contributed by atoms with E-state index in [0.29, 0.717) is 37.9 Å².